The summed E-state index contributed by atoms with van der Waals surface area (Å²) in [6.45, 7) is 5.24. The summed E-state index contributed by atoms with van der Waals surface area (Å²) in [5, 5.41) is 11.5. The van der Waals surface area contributed by atoms with Crippen LogP contribution in [-0.2, 0) is 4.79 Å². The van der Waals surface area contributed by atoms with Gasteiger partial charge in [-0.25, -0.2) is 4.79 Å². The van der Waals surface area contributed by atoms with Crippen LogP contribution in [0, 0.1) is 5.92 Å². The Morgan fingerprint density at radius 3 is 2.70 bits per heavy atom. The monoisotopic (exact) mass is 276 g/mol. The van der Waals surface area contributed by atoms with Crippen molar-refractivity contribution in [2.75, 3.05) is 18.4 Å². The van der Waals surface area contributed by atoms with Crippen molar-refractivity contribution in [1.82, 2.24) is 4.90 Å². The van der Waals surface area contributed by atoms with Gasteiger partial charge in [-0.15, -0.1) is 0 Å². The van der Waals surface area contributed by atoms with Crippen molar-refractivity contribution in [3.8, 4) is 0 Å². The van der Waals surface area contributed by atoms with Gasteiger partial charge in [-0.3, -0.25) is 4.79 Å². The van der Waals surface area contributed by atoms with Gasteiger partial charge in [0.15, 0.2) is 0 Å². The van der Waals surface area contributed by atoms with Crippen molar-refractivity contribution in [3.63, 3.8) is 0 Å². The van der Waals surface area contributed by atoms with E-state index in [0.29, 0.717) is 19.0 Å². The maximum atomic E-state index is 12.0. The first-order valence-electron chi connectivity index (χ1n) is 6.83. The Bertz CT molecular complexity index is 508. The molecule has 1 aromatic rings. The maximum absolute atomic E-state index is 12.0. The van der Waals surface area contributed by atoms with Crippen LogP contribution in [0.25, 0.3) is 0 Å². The van der Waals surface area contributed by atoms with Crippen LogP contribution < -0.4 is 5.32 Å². The summed E-state index contributed by atoms with van der Waals surface area (Å²) in [5.41, 5.74) is 1.96. The predicted octanol–water partition coefficient (Wildman–Crippen LogP) is 2.75. The molecule has 0 aliphatic carbocycles. The van der Waals surface area contributed by atoms with Crippen molar-refractivity contribution in [1.29, 1.82) is 0 Å². The predicted molar refractivity (Wildman–Crippen MR) is 76.9 cm³/mol. The van der Waals surface area contributed by atoms with E-state index in [1.54, 1.807) is 4.90 Å². The number of urea groups is 1. The number of hydrogen-bond donors (Lipinski definition) is 2. The Kier molecular flexibility index (Phi) is 4.27. The molecule has 0 saturated carbocycles. The molecule has 0 bridgehead atoms. The van der Waals surface area contributed by atoms with Crippen molar-refractivity contribution >= 4 is 17.7 Å². The zero-order valence-electron chi connectivity index (χ0n) is 11.8. The number of carbonyl (C=O) groups is 2. The number of amides is 2. The standard InChI is InChI=1S/C15H20N2O3/c1-10(2)12-4-3-5-13(7-12)16-15(20)17-8-11(9-17)6-14(18)19/h3-5,7,10-11H,6,8-9H2,1-2H3,(H,16,20)(H,18,19). The van der Waals surface area contributed by atoms with Gasteiger partial charge >= 0.3 is 12.0 Å². The van der Waals surface area contributed by atoms with Gasteiger partial charge in [0.05, 0.1) is 6.42 Å². The number of carboxylic acid groups (broad SMARTS) is 1. The second kappa shape index (κ2) is 5.94. The number of rotatable bonds is 4. The molecular weight excluding hydrogens is 256 g/mol. The van der Waals surface area contributed by atoms with Crippen molar-refractivity contribution in [2.24, 2.45) is 5.92 Å². The van der Waals surface area contributed by atoms with Gasteiger partial charge in [-0.1, -0.05) is 26.0 Å². The highest BCUT2D eigenvalue weighted by Gasteiger charge is 2.32. The molecule has 1 aromatic carbocycles. The minimum atomic E-state index is -0.806. The molecule has 0 atom stereocenters. The molecule has 20 heavy (non-hydrogen) atoms. The number of hydrogen-bond acceptors (Lipinski definition) is 2. The Morgan fingerprint density at radius 1 is 1.40 bits per heavy atom. The third-order valence-electron chi connectivity index (χ3n) is 3.51. The lowest BCUT2D eigenvalue weighted by Gasteiger charge is -2.38. The summed E-state index contributed by atoms with van der Waals surface area (Å²) < 4.78 is 0. The van der Waals surface area contributed by atoms with Crippen LogP contribution in [0.2, 0.25) is 0 Å². The first-order valence-corrected chi connectivity index (χ1v) is 6.83. The Labute approximate surface area is 118 Å². The molecule has 1 aliphatic heterocycles. The minimum absolute atomic E-state index is 0.0836. The van der Waals surface area contributed by atoms with Crippen LogP contribution in [0.1, 0.15) is 31.7 Å². The van der Waals surface area contributed by atoms with Crippen molar-refractivity contribution in [3.05, 3.63) is 29.8 Å². The Balaban J connectivity index is 1.87. The molecule has 0 unspecified atom stereocenters. The quantitative estimate of drug-likeness (QED) is 0.888. The summed E-state index contributed by atoms with van der Waals surface area (Å²) in [6.07, 6.45) is 0.132. The number of carbonyl (C=O) groups excluding carboxylic acids is 1. The van der Waals surface area contributed by atoms with Gasteiger partial charge < -0.3 is 15.3 Å². The zero-order valence-corrected chi connectivity index (χ0v) is 11.8. The molecule has 0 radical (unpaired) electrons. The zero-order chi connectivity index (χ0) is 14.7. The highest BCUT2D eigenvalue weighted by Crippen LogP contribution is 2.22. The average molecular weight is 276 g/mol. The van der Waals surface area contributed by atoms with Gasteiger partial charge in [0, 0.05) is 24.7 Å². The van der Waals surface area contributed by atoms with E-state index < -0.39 is 5.97 Å². The van der Waals surface area contributed by atoms with Crippen molar-refractivity contribution in [2.45, 2.75) is 26.2 Å². The number of anilines is 1. The van der Waals surface area contributed by atoms with E-state index in [0.717, 1.165) is 5.69 Å². The van der Waals surface area contributed by atoms with Gasteiger partial charge in [0.25, 0.3) is 0 Å². The maximum Gasteiger partial charge on any atom is 0.321 e. The molecule has 1 fully saturated rings. The smallest absolute Gasteiger partial charge is 0.321 e. The Hall–Kier alpha value is -2.04. The van der Waals surface area contributed by atoms with E-state index in [1.807, 2.05) is 24.3 Å². The molecule has 1 heterocycles. The molecule has 2 rings (SSSR count). The summed E-state index contributed by atoms with van der Waals surface area (Å²) in [7, 11) is 0. The minimum Gasteiger partial charge on any atom is -0.481 e. The van der Waals surface area contributed by atoms with Crippen LogP contribution in [0.5, 0.6) is 0 Å². The number of likely N-dealkylation sites (tertiary alicyclic amines) is 1. The highest BCUT2D eigenvalue weighted by atomic mass is 16.4. The summed E-state index contributed by atoms with van der Waals surface area (Å²) in [6, 6.07) is 7.63. The van der Waals surface area contributed by atoms with E-state index in [4.69, 9.17) is 5.11 Å². The lowest BCUT2D eigenvalue weighted by molar-refractivity contribution is -0.139. The van der Waals surface area contributed by atoms with E-state index in [1.165, 1.54) is 5.56 Å². The molecule has 1 aliphatic rings. The number of carboxylic acids is 1. The van der Waals surface area contributed by atoms with Crippen LogP contribution >= 0.6 is 0 Å². The highest BCUT2D eigenvalue weighted by molar-refractivity contribution is 5.90. The average Bonchev–Trinajstić information content (AvgIpc) is 2.33. The fourth-order valence-corrected chi connectivity index (χ4v) is 2.29. The first kappa shape index (κ1) is 14.4. The SMILES string of the molecule is CC(C)c1cccc(NC(=O)N2CC(CC(=O)O)C2)c1. The topological polar surface area (TPSA) is 69.6 Å². The Morgan fingerprint density at radius 2 is 2.10 bits per heavy atom. The fourth-order valence-electron chi connectivity index (χ4n) is 2.29. The third kappa shape index (κ3) is 3.50. The molecule has 5 nitrogen and oxygen atoms in total. The largest absolute Gasteiger partial charge is 0.481 e. The molecule has 5 heteroatoms. The molecule has 0 spiro atoms. The lowest BCUT2D eigenvalue weighted by atomic mass is 9.97. The van der Waals surface area contributed by atoms with Crippen molar-refractivity contribution < 1.29 is 14.7 Å². The van der Waals surface area contributed by atoms with Crippen LogP contribution in [0.15, 0.2) is 24.3 Å². The fraction of sp³-hybridized carbons (Fsp3) is 0.467. The second-order valence-corrected chi connectivity index (χ2v) is 5.58. The van der Waals surface area contributed by atoms with Gasteiger partial charge in [0.1, 0.15) is 0 Å². The molecular formula is C15H20N2O3. The number of nitrogens with one attached hydrogen (secondary N) is 1. The molecule has 108 valence electrons. The third-order valence-corrected chi connectivity index (χ3v) is 3.51. The lowest BCUT2D eigenvalue weighted by Crippen LogP contribution is -2.52. The van der Waals surface area contributed by atoms with Crippen LogP contribution in [-0.4, -0.2) is 35.1 Å². The normalized spacial score (nSPS) is 15.1. The number of benzene rings is 1. The first-order chi connectivity index (χ1) is 9.45. The molecule has 2 amide bonds. The summed E-state index contributed by atoms with van der Waals surface area (Å²) in [4.78, 5) is 24.2. The van der Waals surface area contributed by atoms with Gasteiger partial charge in [0.2, 0.25) is 0 Å². The molecule has 0 aromatic heterocycles. The van der Waals surface area contributed by atoms with E-state index >= 15 is 0 Å². The van der Waals surface area contributed by atoms with Crippen LogP contribution in [0.4, 0.5) is 10.5 Å². The van der Waals surface area contributed by atoms with Gasteiger partial charge in [-0.2, -0.15) is 0 Å². The van der Waals surface area contributed by atoms with E-state index in [-0.39, 0.29) is 18.4 Å². The second-order valence-electron chi connectivity index (χ2n) is 5.58. The summed E-state index contributed by atoms with van der Waals surface area (Å²) in [5.74, 6) is -0.309. The van der Waals surface area contributed by atoms with E-state index in [9.17, 15) is 9.59 Å². The number of aliphatic carboxylic acids is 1. The molecule has 1 saturated heterocycles. The van der Waals surface area contributed by atoms with Crippen LogP contribution in [0.3, 0.4) is 0 Å². The number of nitrogens with zero attached hydrogens (tertiary/aromatic N) is 1. The van der Waals surface area contributed by atoms with Gasteiger partial charge in [-0.05, 0) is 23.6 Å². The molecule has 2 N–H and O–H groups in total. The van der Waals surface area contributed by atoms with E-state index in [2.05, 4.69) is 19.2 Å². The summed E-state index contributed by atoms with van der Waals surface area (Å²) >= 11 is 0.